The molecule has 238 valence electrons. The first-order valence-corrected chi connectivity index (χ1v) is 17.0. The Kier molecular flexibility index (Phi) is 19.5. The summed E-state index contributed by atoms with van der Waals surface area (Å²) >= 11 is 0. The van der Waals surface area contributed by atoms with E-state index in [-0.39, 0.29) is 0 Å². The van der Waals surface area contributed by atoms with Gasteiger partial charge in [-0.2, -0.15) is 0 Å². The molecular weight excluding hydrogens is 538 g/mol. The summed E-state index contributed by atoms with van der Waals surface area (Å²) in [5.74, 6) is 0. The molecule has 0 atom stereocenters. The van der Waals surface area contributed by atoms with Crippen LogP contribution >= 0.6 is 0 Å². The van der Waals surface area contributed by atoms with Crippen LogP contribution in [0.1, 0.15) is 146 Å². The molecule has 0 bridgehead atoms. The van der Waals surface area contributed by atoms with Gasteiger partial charge in [-0.3, -0.25) is 20.2 Å². The van der Waals surface area contributed by atoms with Crippen LogP contribution < -0.4 is 5.32 Å². The van der Waals surface area contributed by atoms with Crippen LogP contribution in [-0.4, -0.2) is 16.4 Å². The Bertz CT molecular complexity index is 1070. The van der Waals surface area contributed by atoms with Crippen LogP contribution in [0.5, 0.6) is 0 Å². The summed E-state index contributed by atoms with van der Waals surface area (Å²) in [5, 5.41) is 25.6. The predicted octanol–water partition coefficient (Wildman–Crippen LogP) is 11.9. The van der Waals surface area contributed by atoms with E-state index in [2.05, 4.69) is 12.2 Å². The lowest BCUT2D eigenvalue weighted by molar-refractivity contribution is -0.422. The van der Waals surface area contributed by atoms with Crippen molar-refractivity contribution in [2.75, 3.05) is 11.9 Å². The largest absolute Gasteiger partial charge is 0.385 e. The van der Waals surface area contributed by atoms with Gasteiger partial charge in [-0.05, 0) is 35.7 Å². The molecule has 0 saturated carbocycles. The minimum absolute atomic E-state index is 0.502. The highest BCUT2D eigenvalue weighted by Crippen LogP contribution is 2.28. The Hall–Kier alpha value is -3.22. The fourth-order valence-electron chi connectivity index (χ4n) is 5.46. The highest BCUT2D eigenvalue weighted by Gasteiger charge is 2.23. The number of hydrogen-bond acceptors (Lipinski definition) is 5. The lowest BCUT2D eigenvalue weighted by Crippen LogP contribution is -2.01. The van der Waals surface area contributed by atoms with E-state index >= 15 is 0 Å². The quantitative estimate of drug-likeness (QED) is 0.0506. The molecule has 0 saturated heterocycles. The number of rotatable bonds is 26. The second-order valence-corrected chi connectivity index (χ2v) is 11.9. The molecule has 0 aromatic heterocycles. The zero-order valence-corrected chi connectivity index (χ0v) is 26.6. The van der Waals surface area contributed by atoms with Crippen molar-refractivity contribution >= 4 is 29.2 Å². The van der Waals surface area contributed by atoms with Gasteiger partial charge in [0, 0.05) is 24.4 Å². The van der Waals surface area contributed by atoms with E-state index < -0.39 is 21.2 Å². The second-order valence-electron chi connectivity index (χ2n) is 11.9. The molecule has 0 aliphatic heterocycles. The summed E-state index contributed by atoms with van der Waals surface area (Å²) in [6, 6.07) is 11.9. The minimum Gasteiger partial charge on any atom is -0.385 e. The van der Waals surface area contributed by atoms with Crippen molar-refractivity contribution in [3.63, 3.8) is 0 Å². The maximum atomic E-state index is 11.1. The molecule has 2 rings (SSSR count). The van der Waals surface area contributed by atoms with Gasteiger partial charge in [0.15, 0.2) is 0 Å². The molecular formula is C36H55N3O4. The zero-order valence-electron chi connectivity index (χ0n) is 26.6. The number of nitro groups is 2. The minimum atomic E-state index is -0.737. The molecule has 2 aromatic carbocycles. The van der Waals surface area contributed by atoms with Gasteiger partial charge in [-0.15, -0.1) is 0 Å². The third-order valence-corrected chi connectivity index (χ3v) is 8.13. The second kappa shape index (κ2) is 23.3. The van der Waals surface area contributed by atoms with Gasteiger partial charge in [0.05, 0.1) is 9.85 Å². The molecule has 7 heteroatoms. The molecule has 0 aliphatic carbocycles. The summed E-state index contributed by atoms with van der Waals surface area (Å²) in [6.07, 6.45) is 31.3. The first-order chi connectivity index (χ1) is 21.0. The van der Waals surface area contributed by atoms with Crippen molar-refractivity contribution in [1.29, 1.82) is 0 Å². The lowest BCUT2D eigenvalue weighted by atomic mass is 10.0. The fraction of sp³-hybridized carbons (Fsp3) is 0.611. The number of hydrogen-bond donors (Lipinski definition) is 1. The summed E-state index contributed by atoms with van der Waals surface area (Å²) in [5.41, 5.74) is 1.56. The number of anilines is 1. The van der Waals surface area contributed by atoms with E-state index in [0.717, 1.165) is 17.8 Å². The van der Waals surface area contributed by atoms with Crippen LogP contribution in [0, 0.1) is 20.2 Å². The Morgan fingerprint density at radius 1 is 0.535 bits per heavy atom. The highest BCUT2D eigenvalue weighted by molar-refractivity contribution is 5.73. The molecule has 0 unspecified atom stereocenters. The standard InChI is InChI=1S/C36H55N3O4/c1-2-3-4-5-6-7-8-9-10-11-12-13-14-15-16-17-18-19-20-21-30-37-34-27-24-32(25-28-34)22-23-33-26-29-35(38(40)41)36(31-33)39(42)43/h22-29,31,37H,2-21,30H2,1H3. The van der Waals surface area contributed by atoms with Crippen LogP contribution in [0.15, 0.2) is 42.5 Å². The van der Waals surface area contributed by atoms with E-state index in [4.69, 9.17) is 0 Å². The SMILES string of the molecule is CCCCCCCCCCCCCCCCCCCCCCNc1ccc(C=Cc2ccc([N+](=O)[O-])c([N+](=O)[O-])c2)cc1. The van der Waals surface area contributed by atoms with Gasteiger partial charge in [-0.1, -0.05) is 153 Å². The summed E-state index contributed by atoms with van der Waals surface area (Å²) in [6.45, 7) is 3.24. The van der Waals surface area contributed by atoms with Crippen LogP contribution in [-0.2, 0) is 0 Å². The number of nitrogens with one attached hydrogen (secondary N) is 1. The normalized spacial score (nSPS) is 11.3. The van der Waals surface area contributed by atoms with Crippen molar-refractivity contribution in [2.45, 2.75) is 135 Å². The Labute approximate surface area is 259 Å². The molecule has 2 aromatic rings. The van der Waals surface area contributed by atoms with E-state index in [0.29, 0.717) is 5.56 Å². The maximum Gasteiger partial charge on any atom is 0.346 e. The summed E-state index contributed by atoms with van der Waals surface area (Å²) in [7, 11) is 0. The molecule has 1 N–H and O–H groups in total. The average molecular weight is 594 g/mol. The van der Waals surface area contributed by atoms with E-state index in [9.17, 15) is 20.2 Å². The summed E-state index contributed by atoms with van der Waals surface area (Å²) < 4.78 is 0. The van der Waals surface area contributed by atoms with Crippen molar-refractivity contribution in [2.24, 2.45) is 0 Å². The fourth-order valence-corrected chi connectivity index (χ4v) is 5.46. The molecule has 0 amide bonds. The summed E-state index contributed by atoms with van der Waals surface area (Å²) in [4.78, 5) is 20.7. The number of benzene rings is 2. The molecule has 0 fully saturated rings. The van der Waals surface area contributed by atoms with Gasteiger partial charge < -0.3 is 5.32 Å². The topological polar surface area (TPSA) is 98.3 Å². The molecule has 7 nitrogen and oxygen atoms in total. The smallest absolute Gasteiger partial charge is 0.346 e. The average Bonchev–Trinajstić information content (AvgIpc) is 3.01. The monoisotopic (exact) mass is 593 g/mol. The Morgan fingerprint density at radius 2 is 0.930 bits per heavy atom. The Balaban J connectivity index is 1.43. The van der Waals surface area contributed by atoms with Crippen molar-refractivity contribution in [1.82, 2.24) is 0 Å². The van der Waals surface area contributed by atoms with E-state index in [1.54, 1.807) is 6.08 Å². The van der Waals surface area contributed by atoms with Crippen molar-refractivity contribution in [3.8, 4) is 0 Å². The first kappa shape index (κ1) is 36.0. The number of unbranched alkanes of at least 4 members (excludes halogenated alkanes) is 19. The zero-order chi connectivity index (χ0) is 31.0. The number of nitro benzene ring substituents is 2. The maximum absolute atomic E-state index is 11.1. The molecule has 0 heterocycles. The van der Waals surface area contributed by atoms with E-state index in [1.165, 1.54) is 147 Å². The third kappa shape index (κ3) is 16.9. The van der Waals surface area contributed by atoms with Crippen LogP contribution in [0.2, 0.25) is 0 Å². The van der Waals surface area contributed by atoms with Gasteiger partial charge in [0.1, 0.15) is 0 Å². The third-order valence-electron chi connectivity index (χ3n) is 8.13. The lowest BCUT2D eigenvalue weighted by Gasteiger charge is -2.07. The first-order valence-electron chi connectivity index (χ1n) is 17.0. The molecule has 43 heavy (non-hydrogen) atoms. The molecule has 0 aliphatic rings. The van der Waals surface area contributed by atoms with Gasteiger partial charge >= 0.3 is 11.4 Å². The predicted molar refractivity (Wildman–Crippen MR) is 182 cm³/mol. The van der Waals surface area contributed by atoms with Gasteiger partial charge in [0.25, 0.3) is 0 Å². The van der Waals surface area contributed by atoms with Crippen LogP contribution in [0.25, 0.3) is 12.2 Å². The van der Waals surface area contributed by atoms with Crippen LogP contribution in [0.3, 0.4) is 0 Å². The highest BCUT2D eigenvalue weighted by atomic mass is 16.6. The van der Waals surface area contributed by atoms with Crippen molar-refractivity contribution < 1.29 is 9.85 Å². The Morgan fingerprint density at radius 3 is 1.37 bits per heavy atom. The van der Waals surface area contributed by atoms with Gasteiger partial charge in [0.2, 0.25) is 0 Å². The van der Waals surface area contributed by atoms with E-state index in [1.807, 2.05) is 30.3 Å². The number of nitrogens with zero attached hydrogens (tertiary/aromatic N) is 2. The van der Waals surface area contributed by atoms with Crippen molar-refractivity contribution in [3.05, 3.63) is 73.8 Å². The van der Waals surface area contributed by atoms with Gasteiger partial charge in [-0.25, -0.2) is 0 Å². The van der Waals surface area contributed by atoms with Crippen LogP contribution in [0.4, 0.5) is 17.1 Å². The molecule has 0 radical (unpaired) electrons. The molecule has 0 spiro atoms.